The third-order valence-corrected chi connectivity index (χ3v) is 3.09. The Hall–Kier alpha value is -1.49. The summed E-state index contributed by atoms with van der Waals surface area (Å²) in [6, 6.07) is 2.67. The van der Waals surface area contributed by atoms with Crippen molar-refractivity contribution in [3.63, 3.8) is 0 Å². The Labute approximate surface area is 99.6 Å². The zero-order valence-corrected chi connectivity index (χ0v) is 9.60. The van der Waals surface area contributed by atoms with E-state index in [4.69, 9.17) is 5.73 Å². The second kappa shape index (κ2) is 5.23. The number of rotatable bonds is 2. The van der Waals surface area contributed by atoms with E-state index in [0.717, 1.165) is 25.6 Å². The smallest absolute Gasteiger partial charge is 0.272 e. The van der Waals surface area contributed by atoms with Crippen molar-refractivity contribution >= 4 is 5.91 Å². The second-order valence-corrected chi connectivity index (χ2v) is 4.36. The van der Waals surface area contributed by atoms with Gasteiger partial charge < -0.3 is 10.6 Å². The highest BCUT2D eigenvalue weighted by Gasteiger charge is 2.24. The molecule has 0 aromatic carbocycles. The number of piperidine rings is 1. The third kappa shape index (κ3) is 2.79. The Bertz CT molecular complexity index is 393. The minimum atomic E-state index is -0.431. The highest BCUT2D eigenvalue weighted by atomic mass is 19.1. The summed E-state index contributed by atoms with van der Waals surface area (Å²) in [4.78, 5) is 17.6. The fraction of sp³-hybridized carbons (Fsp3) is 0.500. The molecular weight excluding hydrogens is 221 g/mol. The molecule has 0 saturated carbocycles. The van der Waals surface area contributed by atoms with Crippen LogP contribution in [0.3, 0.4) is 0 Å². The third-order valence-electron chi connectivity index (χ3n) is 3.09. The van der Waals surface area contributed by atoms with Crippen LogP contribution in [0.2, 0.25) is 0 Å². The van der Waals surface area contributed by atoms with Crippen molar-refractivity contribution < 1.29 is 9.18 Å². The van der Waals surface area contributed by atoms with E-state index in [2.05, 4.69) is 4.98 Å². The van der Waals surface area contributed by atoms with Crippen LogP contribution in [0.5, 0.6) is 0 Å². The number of pyridine rings is 1. The second-order valence-electron chi connectivity index (χ2n) is 4.36. The maximum atomic E-state index is 12.7. The summed E-state index contributed by atoms with van der Waals surface area (Å²) in [5, 5.41) is 0. The lowest BCUT2D eigenvalue weighted by molar-refractivity contribution is 0.0672. The molecule has 92 valence electrons. The highest BCUT2D eigenvalue weighted by Crippen LogP contribution is 2.17. The van der Waals surface area contributed by atoms with E-state index in [9.17, 15) is 9.18 Å². The van der Waals surface area contributed by atoms with Gasteiger partial charge in [-0.15, -0.1) is 0 Å². The number of aromatic nitrogens is 1. The monoisotopic (exact) mass is 237 g/mol. The van der Waals surface area contributed by atoms with Crippen molar-refractivity contribution in [3.05, 3.63) is 29.8 Å². The molecule has 0 aliphatic carbocycles. The van der Waals surface area contributed by atoms with Crippen LogP contribution in [0.15, 0.2) is 18.3 Å². The van der Waals surface area contributed by atoms with Gasteiger partial charge in [0.25, 0.3) is 5.91 Å². The predicted octanol–water partition coefficient (Wildman–Crippen LogP) is 1.03. The Morgan fingerprint density at radius 2 is 2.41 bits per heavy atom. The minimum Gasteiger partial charge on any atom is -0.337 e. The Kier molecular flexibility index (Phi) is 3.68. The predicted molar refractivity (Wildman–Crippen MR) is 61.9 cm³/mol. The van der Waals surface area contributed by atoms with Crippen molar-refractivity contribution in [2.24, 2.45) is 11.7 Å². The van der Waals surface area contributed by atoms with Crippen LogP contribution in [0.4, 0.5) is 4.39 Å². The molecule has 0 radical (unpaired) electrons. The lowest BCUT2D eigenvalue weighted by Crippen LogP contribution is -2.42. The van der Waals surface area contributed by atoms with Gasteiger partial charge in [-0.2, -0.15) is 0 Å². The molecule has 2 rings (SSSR count). The number of carbonyl (C=O) groups is 1. The van der Waals surface area contributed by atoms with Gasteiger partial charge in [0.1, 0.15) is 11.5 Å². The first-order chi connectivity index (χ1) is 8.20. The minimum absolute atomic E-state index is 0.136. The van der Waals surface area contributed by atoms with Crippen LogP contribution in [-0.4, -0.2) is 35.4 Å². The van der Waals surface area contributed by atoms with E-state index >= 15 is 0 Å². The first-order valence-corrected chi connectivity index (χ1v) is 5.81. The largest absolute Gasteiger partial charge is 0.337 e. The molecular formula is C12H16FN3O. The molecule has 1 fully saturated rings. The molecule has 1 amide bonds. The first-order valence-electron chi connectivity index (χ1n) is 5.81. The van der Waals surface area contributed by atoms with Crippen LogP contribution in [0, 0.1) is 11.7 Å². The van der Waals surface area contributed by atoms with Crippen LogP contribution < -0.4 is 5.73 Å². The van der Waals surface area contributed by atoms with Gasteiger partial charge in [0.05, 0.1) is 6.20 Å². The SMILES string of the molecule is NCC1CCCN(C(=O)c2ccc(F)cn2)C1. The zero-order chi connectivity index (χ0) is 12.3. The van der Waals surface area contributed by atoms with E-state index < -0.39 is 5.82 Å². The summed E-state index contributed by atoms with van der Waals surface area (Å²) in [5.41, 5.74) is 5.92. The van der Waals surface area contributed by atoms with E-state index in [-0.39, 0.29) is 5.91 Å². The lowest BCUT2D eigenvalue weighted by atomic mass is 9.98. The van der Waals surface area contributed by atoms with Crippen molar-refractivity contribution in [2.75, 3.05) is 19.6 Å². The zero-order valence-electron chi connectivity index (χ0n) is 9.60. The van der Waals surface area contributed by atoms with Crippen molar-refractivity contribution in [3.8, 4) is 0 Å². The van der Waals surface area contributed by atoms with Gasteiger partial charge in [0.15, 0.2) is 0 Å². The summed E-state index contributed by atoms with van der Waals surface area (Å²) in [7, 11) is 0. The molecule has 4 nitrogen and oxygen atoms in total. The molecule has 1 saturated heterocycles. The Balaban J connectivity index is 2.06. The standard InChI is InChI=1S/C12H16FN3O/c13-10-3-4-11(15-7-10)12(17)16-5-1-2-9(6-14)8-16/h3-4,7,9H,1-2,5-6,8,14H2. The first kappa shape index (κ1) is 12.0. The van der Waals surface area contributed by atoms with Crippen molar-refractivity contribution in [1.29, 1.82) is 0 Å². The fourth-order valence-corrected chi connectivity index (χ4v) is 2.11. The molecule has 0 spiro atoms. The number of hydrogen-bond donors (Lipinski definition) is 1. The summed E-state index contributed by atoms with van der Waals surface area (Å²) < 4.78 is 12.7. The average molecular weight is 237 g/mol. The summed E-state index contributed by atoms with van der Waals surface area (Å²) in [6.45, 7) is 2.00. The van der Waals surface area contributed by atoms with Gasteiger partial charge in [-0.25, -0.2) is 9.37 Å². The number of hydrogen-bond acceptors (Lipinski definition) is 3. The van der Waals surface area contributed by atoms with Crippen molar-refractivity contribution in [2.45, 2.75) is 12.8 Å². The molecule has 17 heavy (non-hydrogen) atoms. The van der Waals surface area contributed by atoms with Crippen LogP contribution in [-0.2, 0) is 0 Å². The van der Waals surface area contributed by atoms with Gasteiger partial charge >= 0.3 is 0 Å². The number of amides is 1. The van der Waals surface area contributed by atoms with E-state index in [1.54, 1.807) is 4.90 Å². The summed E-state index contributed by atoms with van der Waals surface area (Å²) >= 11 is 0. The fourth-order valence-electron chi connectivity index (χ4n) is 2.11. The average Bonchev–Trinajstić information content (AvgIpc) is 2.39. The van der Waals surface area contributed by atoms with E-state index in [1.165, 1.54) is 12.1 Å². The molecule has 1 unspecified atom stereocenters. The molecule has 0 bridgehead atoms. The van der Waals surface area contributed by atoms with Crippen LogP contribution in [0.1, 0.15) is 23.3 Å². The summed E-state index contributed by atoms with van der Waals surface area (Å²) in [5.74, 6) is -0.198. The highest BCUT2D eigenvalue weighted by molar-refractivity contribution is 5.92. The van der Waals surface area contributed by atoms with E-state index in [1.807, 2.05) is 0 Å². The number of likely N-dealkylation sites (tertiary alicyclic amines) is 1. The maximum absolute atomic E-state index is 12.7. The number of nitrogens with two attached hydrogens (primary N) is 1. The lowest BCUT2D eigenvalue weighted by Gasteiger charge is -2.31. The van der Waals surface area contributed by atoms with Gasteiger partial charge in [-0.3, -0.25) is 4.79 Å². The molecule has 1 aliphatic rings. The van der Waals surface area contributed by atoms with Gasteiger partial charge in [0, 0.05) is 13.1 Å². The topological polar surface area (TPSA) is 59.2 Å². The maximum Gasteiger partial charge on any atom is 0.272 e. The summed E-state index contributed by atoms with van der Waals surface area (Å²) in [6.07, 6.45) is 3.10. The molecule has 2 N–H and O–H groups in total. The molecule has 1 atom stereocenters. The van der Waals surface area contributed by atoms with Gasteiger partial charge in [-0.05, 0) is 37.4 Å². The van der Waals surface area contributed by atoms with Crippen molar-refractivity contribution in [1.82, 2.24) is 9.88 Å². The molecule has 1 aromatic rings. The van der Waals surface area contributed by atoms with E-state index in [0.29, 0.717) is 24.7 Å². The number of halogens is 1. The molecule has 1 aromatic heterocycles. The number of nitrogens with zero attached hydrogens (tertiary/aromatic N) is 2. The Morgan fingerprint density at radius 3 is 3.06 bits per heavy atom. The number of carbonyl (C=O) groups excluding carboxylic acids is 1. The molecule has 5 heteroatoms. The molecule has 1 aliphatic heterocycles. The van der Waals surface area contributed by atoms with Crippen LogP contribution >= 0.6 is 0 Å². The quantitative estimate of drug-likeness (QED) is 0.835. The Morgan fingerprint density at radius 1 is 1.59 bits per heavy atom. The molecule has 2 heterocycles. The normalized spacial score (nSPS) is 20.4. The van der Waals surface area contributed by atoms with Crippen LogP contribution in [0.25, 0.3) is 0 Å². The van der Waals surface area contributed by atoms with Gasteiger partial charge in [-0.1, -0.05) is 0 Å². The van der Waals surface area contributed by atoms with Gasteiger partial charge in [0.2, 0.25) is 0 Å².